The van der Waals surface area contributed by atoms with Gasteiger partial charge in [0.1, 0.15) is 5.75 Å². The molecule has 1 saturated carbocycles. The number of nitrogens with one attached hydrogen (secondary N) is 3. The molecule has 0 unspecified atom stereocenters. The van der Waals surface area contributed by atoms with Gasteiger partial charge in [-0.05, 0) is 61.8 Å². The first kappa shape index (κ1) is 25.3. The van der Waals surface area contributed by atoms with Crippen LogP contribution in [0.25, 0.3) is 0 Å². The fourth-order valence-corrected chi connectivity index (χ4v) is 4.34. The predicted molar refractivity (Wildman–Crippen MR) is 136 cm³/mol. The Hall–Kier alpha value is -2.35. The van der Waals surface area contributed by atoms with Crippen LogP contribution in [0.4, 0.5) is 5.69 Å². The predicted octanol–water partition coefficient (Wildman–Crippen LogP) is 5.73. The molecule has 176 valence electrons. The molecule has 0 saturated heterocycles. The largest absolute Gasteiger partial charge is 0.492 e. The fraction of sp³-hybridized carbons (Fsp3) is 0.375. The number of thiocarbonyl (C=S) groups is 1. The maximum absolute atomic E-state index is 12.8. The van der Waals surface area contributed by atoms with Crippen LogP contribution in [0.1, 0.15) is 55.3 Å². The van der Waals surface area contributed by atoms with Gasteiger partial charge in [-0.2, -0.15) is 0 Å². The van der Waals surface area contributed by atoms with Crippen molar-refractivity contribution >= 4 is 58.0 Å². The Morgan fingerprint density at radius 2 is 1.82 bits per heavy atom. The molecule has 3 N–H and O–H groups in total. The molecule has 0 bridgehead atoms. The summed E-state index contributed by atoms with van der Waals surface area (Å²) in [4.78, 5) is 25.0. The first-order valence-electron chi connectivity index (χ1n) is 11.0. The topological polar surface area (TPSA) is 79.5 Å². The number of carbonyl (C=O) groups is 2. The van der Waals surface area contributed by atoms with Crippen molar-refractivity contribution < 1.29 is 14.3 Å². The van der Waals surface area contributed by atoms with Gasteiger partial charge in [-0.15, -0.1) is 0 Å². The summed E-state index contributed by atoms with van der Waals surface area (Å²) < 4.78 is 5.58. The Labute approximate surface area is 209 Å². The van der Waals surface area contributed by atoms with Gasteiger partial charge in [0.15, 0.2) is 5.11 Å². The molecular formula is C24H27Cl2N3O3S. The molecule has 2 aromatic rings. The Bertz CT molecular complexity index is 997. The van der Waals surface area contributed by atoms with Gasteiger partial charge in [0, 0.05) is 17.5 Å². The zero-order valence-electron chi connectivity index (χ0n) is 18.2. The van der Waals surface area contributed by atoms with Gasteiger partial charge in [0.2, 0.25) is 5.91 Å². The van der Waals surface area contributed by atoms with Crippen LogP contribution in [-0.4, -0.2) is 29.6 Å². The van der Waals surface area contributed by atoms with E-state index in [9.17, 15) is 9.59 Å². The normalized spacial score (nSPS) is 13.8. The second kappa shape index (κ2) is 12.8. The molecule has 1 fully saturated rings. The molecule has 0 aliphatic heterocycles. The standard InChI is InChI=1S/C24H27Cl2N3O3S/c25-16-12-13-21(19(26)15-16)32-14-6-11-22(30)29-24(33)28-20-10-5-4-9-18(20)23(31)27-17-7-2-1-3-8-17/h4-5,9-10,12-13,15,17H,1-3,6-8,11,14H2,(H,27,31)(H2,28,29,30,33). The lowest BCUT2D eigenvalue weighted by Crippen LogP contribution is -2.37. The summed E-state index contributed by atoms with van der Waals surface area (Å²) in [5.41, 5.74) is 1.05. The highest BCUT2D eigenvalue weighted by Crippen LogP contribution is 2.27. The average molecular weight is 508 g/mol. The highest BCUT2D eigenvalue weighted by atomic mass is 35.5. The molecule has 0 atom stereocenters. The van der Waals surface area contributed by atoms with E-state index in [-0.39, 0.29) is 29.4 Å². The van der Waals surface area contributed by atoms with Crippen LogP contribution in [-0.2, 0) is 4.79 Å². The van der Waals surface area contributed by atoms with E-state index in [4.69, 9.17) is 40.2 Å². The molecule has 0 heterocycles. The molecule has 2 amide bonds. The van der Waals surface area contributed by atoms with E-state index in [1.807, 2.05) is 6.07 Å². The quantitative estimate of drug-likeness (QED) is 0.314. The average Bonchev–Trinajstić information content (AvgIpc) is 2.79. The maximum Gasteiger partial charge on any atom is 0.253 e. The zero-order chi connectivity index (χ0) is 23.6. The number of benzene rings is 2. The van der Waals surface area contributed by atoms with Gasteiger partial charge in [0.05, 0.1) is 22.9 Å². The second-order valence-corrected chi connectivity index (χ2v) is 9.13. The summed E-state index contributed by atoms with van der Waals surface area (Å²) in [6.07, 6.45) is 6.20. The van der Waals surface area contributed by atoms with Crippen LogP contribution in [0.5, 0.6) is 5.75 Å². The summed E-state index contributed by atoms with van der Waals surface area (Å²) in [5, 5.41) is 9.80. The van der Waals surface area contributed by atoms with Crippen molar-refractivity contribution in [2.45, 2.75) is 51.0 Å². The van der Waals surface area contributed by atoms with Gasteiger partial charge in [-0.25, -0.2) is 0 Å². The lowest BCUT2D eigenvalue weighted by molar-refractivity contribution is -0.119. The summed E-state index contributed by atoms with van der Waals surface area (Å²) in [6, 6.07) is 12.3. The zero-order valence-corrected chi connectivity index (χ0v) is 20.5. The molecule has 0 aromatic heterocycles. The minimum Gasteiger partial charge on any atom is -0.492 e. The van der Waals surface area contributed by atoms with Crippen LogP contribution in [0.15, 0.2) is 42.5 Å². The number of carbonyl (C=O) groups excluding carboxylic acids is 2. The maximum atomic E-state index is 12.8. The van der Waals surface area contributed by atoms with E-state index in [0.717, 1.165) is 25.7 Å². The number of rotatable bonds is 8. The van der Waals surface area contributed by atoms with Crippen molar-refractivity contribution in [3.05, 3.63) is 58.1 Å². The minimum absolute atomic E-state index is 0.139. The third kappa shape index (κ3) is 8.18. The number of amides is 2. The monoisotopic (exact) mass is 507 g/mol. The van der Waals surface area contributed by atoms with E-state index in [2.05, 4.69) is 16.0 Å². The number of hydrogen-bond donors (Lipinski definition) is 3. The number of para-hydroxylation sites is 1. The van der Waals surface area contributed by atoms with Gasteiger partial charge < -0.3 is 20.7 Å². The Morgan fingerprint density at radius 1 is 1.06 bits per heavy atom. The number of ether oxygens (including phenoxy) is 1. The molecule has 0 radical (unpaired) electrons. The Kier molecular flexibility index (Phi) is 9.78. The minimum atomic E-state index is -0.248. The molecule has 2 aromatic carbocycles. The van der Waals surface area contributed by atoms with Crippen LogP contribution in [0.3, 0.4) is 0 Å². The highest BCUT2D eigenvalue weighted by Gasteiger charge is 2.19. The van der Waals surface area contributed by atoms with Gasteiger partial charge >= 0.3 is 0 Å². The summed E-state index contributed by atoms with van der Waals surface area (Å²) >= 11 is 17.2. The van der Waals surface area contributed by atoms with Crippen molar-refractivity contribution in [3.63, 3.8) is 0 Å². The Balaban J connectivity index is 1.44. The molecule has 9 heteroatoms. The van der Waals surface area contributed by atoms with Crippen molar-refractivity contribution in [2.24, 2.45) is 0 Å². The summed E-state index contributed by atoms with van der Waals surface area (Å²) in [6.45, 7) is 0.319. The van der Waals surface area contributed by atoms with E-state index >= 15 is 0 Å². The van der Waals surface area contributed by atoms with Crippen LogP contribution in [0, 0.1) is 0 Å². The number of anilines is 1. The van der Waals surface area contributed by atoms with Gasteiger partial charge in [0.25, 0.3) is 5.91 Å². The first-order valence-corrected chi connectivity index (χ1v) is 12.2. The van der Waals surface area contributed by atoms with Crippen LogP contribution < -0.4 is 20.7 Å². The van der Waals surface area contributed by atoms with Crippen molar-refractivity contribution in [1.29, 1.82) is 0 Å². The lowest BCUT2D eigenvalue weighted by Gasteiger charge is -2.23. The molecular weight excluding hydrogens is 481 g/mol. The molecule has 6 nitrogen and oxygen atoms in total. The van der Waals surface area contributed by atoms with Crippen LogP contribution in [0.2, 0.25) is 10.0 Å². The SMILES string of the molecule is O=C(CCCOc1ccc(Cl)cc1Cl)NC(=S)Nc1ccccc1C(=O)NC1CCCCC1. The highest BCUT2D eigenvalue weighted by molar-refractivity contribution is 7.80. The first-order chi connectivity index (χ1) is 15.9. The number of halogens is 2. The van der Waals surface area contributed by atoms with Crippen molar-refractivity contribution in [1.82, 2.24) is 10.6 Å². The summed E-state index contributed by atoms with van der Waals surface area (Å²) in [7, 11) is 0. The molecule has 0 spiro atoms. The van der Waals surface area contributed by atoms with E-state index in [1.54, 1.807) is 36.4 Å². The number of hydrogen-bond acceptors (Lipinski definition) is 4. The summed E-state index contributed by atoms with van der Waals surface area (Å²) in [5.74, 6) is 0.126. The molecule has 33 heavy (non-hydrogen) atoms. The third-order valence-corrected chi connectivity index (χ3v) is 6.05. The van der Waals surface area contributed by atoms with Crippen LogP contribution >= 0.6 is 35.4 Å². The third-order valence-electron chi connectivity index (χ3n) is 5.31. The van der Waals surface area contributed by atoms with Gasteiger partial charge in [-0.1, -0.05) is 54.6 Å². The van der Waals surface area contributed by atoms with Crippen molar-refractivity contribution in [2.75, 3.05) is 11.9 Å². The van der Waals surface area contributed by atoms with E-state index in [0.29, 0.717) is 40.1 Å². The van der Waals surface area contributed by atoms with E-state index in [1.165, 1.54) is 6.42 Å². The van der Waals surface area contributed by atoms with Gasteiger partial charge in [-0.3, -0.25) is 9.59 Å². The molecule has 1 aliphatic carbocycles. The fourth-order valence-electron chi connectivity index (χ4n) is 3.65. The molecule has 1 aliphatic rings. The molecule has 3 rings (SSSR count). The van der Waals surface area contributed by atoms with Crippen molar-refractivity contribution in [3.8, 4) is 5.75 Å². The van der Waals surface area contributed by atoms with E-state index < -0.39 is 0 Å². The smallest absolute Gasteiger partial charge is 0.253 e. The second-order valence-electron chi connectivity index (χ2n) is 7.88. The lowest BCUT2D eigenvalue weighted by atomic mass is 9.95. The Morgan fingerprint density at radius 3 is 2.58 bits per heavy atom.